The first-order valence-electron chi connectivity index (χ1n) is 4.94. The molecule has 0 bridgehead atoms. The molecule has 2 heterocycles. The first-order valence-corrected chi connectivity index (χ1v) is 4.94. The SMILES string of the molecule is F[C@@H]1CCN(CC2CCCN2)C1. The van der Waals surface area contributed by atoms with Gasteiger partial charge in [0.05, 0.1) is 0 Å². The average Bonchev–Trinajstić information content (AvgIpc) is 2.63. The molecule has 2 rings (SSSR count). The monoisotopic (exact) mass is 172 g/mol. The highest BCUT2D eigenvalue weighted by Gasteiger charge is 2.25. The zero-order valence-electron chi connectivity index (χ0n) is 7.43. The van der Waals surface area contributed by atoms with Gasteiger partial charge >= 0.3 is 0 Å². The summed E-state index contributed by atoms with van der Waals surface area (Å²) in [6, 6.07) is 0.635. The maximum absolute atomic E-state index is 12.8. The Labute approximate surface area is 73.1 Å². The van der Waals surface area contributed by atoms with Gasteiger partial charge in [-0.05, 0) is 25.8 Å². The van der Waals surface area contributed by atoms with Crippen molar-refractivity contribution in [1.82, 2.24) is 10.2 Å². The van der Waals surface area contributed by atoms with Crippen LogP contribution >= 0.6 is 0 Å². The molecule has 2 fully saturated rings. The Kier molecular flexibility index (Phi) is 2.61. The quantitative estimate of drug-likeness (QED) is 0.662. The van der Waals surface area contributed by atoms with Crippen LogP contribution in [0.15, 0.2) is 0 Å². The van der Waals surface area contributed by atoms with E-state index in [1.165, 1.54) is 12.8 Å². The molecule has 12 heavy (non-hydrogen) atoms. The van der Waals surface area contributed by atoms with Crippen molar-refractivity contribution in [2.24, 2.45) is 0 Å². The highest BCUT2D eigenvalue weighted by atomic mass is 19.1. The predicted molar refractivity (Wildman–Crippen MR) is 47.0 cm³/mol. The van der Waals surface area contributed by atoms with E-state index in [4.69, 9.17) is 0 Å². The molecule has 70 valence electrons. The summed E-state index contributed by atoms with van der Waals surface area (Å²) >= 11 is 0. The van der Waals surface area contributed by atoms with Crippen LogP contribution in [0.5, 0.6) is 0 Å². The lowest BCUT2D eigenvalue weighted by atomic mass is 10.2. The van der Waals surface area contributed by atoms with Crippen LogP contribution in [-0.4, -0.2) is 43.3 Å². The zero-order valence-corrected chi connectivity index (χ0v) is 7.43. The lowest BCUT2D eigenvalue weighted by Crippen LogP contribution is -2.36. The van der Waals surface area contributed by atoms with E-state index in [1.807, 2.05) is 0 Å². The number of hydrogen-bond acceptors (Lipinski definition) is 2. The molecule has 0 amide bonds. The molecule has 0 aromatic heterocycles. The zero-order chi connectivity index (χ0) is 8.39. The van der Waals surface area contributed by atoms with Gasteiger partial charge in [0.2, 0.25) is 0 Å². The van der Waals surface area contributed by atoms with Crippen LogP contribution < -0.4 is 5.32 Å². The Balaban J connectivity index is 1.72. The van der Waals surface area contributed by atoms with Crippen molar-refractivity contribution in [3.05, 3.63) is 0 Å². The molecule has 1 N–H and O–H groups in total. The molecule has 2 aliphatic heterocycles. The Hall–Kier alpha value is -0.150. The van der Waals surface area contributed by atoms with Crippen molar-refractivity contribution in [1.29, 1.82) is 0 Å². The summed E-state index contributed by atoms with van der Waals surface area (Å²) in [7, 11) is 0. The number of nitrogens with one attached hydrogen (secondary N) is 1. The topological polar surface area (TPSA) is 15.3 Å². The van der Waals surface area contributed by atoms with E-state index in [0.717, 1.165) is 26.1 Å². The van der Waals surface area contributed by atoms with Gasteiger partial charge in [0.25, 0.3) is 0 Å². The summed E-state index contributed by atoms with van der Waals surface area (Å²) in [6.07, 6.45) is 2.74. The van der Waals surface area contributed by atoms with Crippen LogP contribution in [-0.2, 0) is 0 Å². The minimum atomic E-state index is -0.564. The molecule has 2 aliphatic rings. The molecule has 2 saturated heterocycles. The fourth-order valence-corrected chi connectivity index (χ4v) is 2.18. The number of halogens is 1. The van der Waals surface area contributed by atoms with Crippen LogP contribution in [0.25, 0.3) is 0 Å². The fraction of sp³-hybridized carbons (Fsp3) is 1.00. The van der Waals surface area contributed by atoms with E-state index in [9.17, 15) is 4.39 Å². The lowest BCUT2D eigenvalue weighted by molar-refractivity contribution is 0.268. The maximum Gasteiger partial charge on any atom is 0.114 e. The van der Waals surface area contributed by atoms with Gasteiger partial charge in [-0.3, -0.25) is 4.90 Å². The minimum Gasteiger partial charge on any atom is -0.313 e. The summed E-state index contributed by atoms with van der Waals surface area (Å²) in [5, 5.41) is 3.43. The molecule has 2 nitrogen and oxygen atoms in total. The smallest absolute Gasteiger partial charge is 0.114 e. The van der Waals surface area contributed by atoms with Gasteiger partial charge in [0, 0.05) is 25.7 Å². The van der Waals surface area contributed by atoms with Gasteiger partial charge < -0.3 is 5.32 Å². The first-order chi connectivity index (χ1) is 5.84. The van der Waals surface area contributed by atoms with Crippen molar-refractivity contribution >= 4 is 0 Å². The third-order valence-corrected chi connectivity index (χ3v) is 2.86. The second-order valence-corrected chi connectivity index (χ2v) is 3.94. The Morgan fingerprint density at radius 3 is 2.92 bits per heavy atom. The van der Waals surface area contributed by atoms with Gasteiger partial charge in [-0.2, -0.15) is 0 Å². The number of nitrogens with zero attached hydrogens (tertiary/aromatic N) is 1. The third kappa shape index (κ3) is 1.96. The summed E-state index contributed by atoms with van der Waals surface area (Å²) in [5.41, 5.74) is 0. The van der Waals surface area contributed by atoms with E-state index in [0.29, 0.717) is 12.6 Å². The predicted octanol–water partition coefficient (Wildman–Crippen LogP) is 0.782. The van der Waals surface area contributed by atoms with E-state index >= 15 is 0 Å². The Morgan fingerprint density at radius 1 is 1.42 bits per heavy atom. The summed E-state index contributed by atoms with van der Waals surface area (Å²) in [6.45, 7) is 3.83. The molecule has 0 aromatic rings. The second kappa shape index (κ2) is 3.71. The van der Waals surface area contributed by atoms with Crippen molar-refractivity contribution in [3.63, 3.8) is 0 Å². The normalized spacial score (nSPS) is 37.8. The van der Waals surface area contributed by atoms with E-state index < -0.39 is 6.17 Å². The van der Waals surface area contributed by atoms with E-state index in [-0.39, 0.29) is 0 Å². The van der Waals surface area contributed by atoms with Gasteiger partial charge in [0.15, 0.2) is 0 Å². The van der Waals surface area contributed by atoms with Crippen LogP contribution in [0.4, 0.5) is 4.39 Å². The minimum absolute atomic E-state index is 0.564. The summed E-state index contributed by atoms with van der Waals surface area (Å²) < 4.78 is 12.8. The van der Waals surface area contributed by atoms with Gasteiger partial charge in [-0.15, -0.1) is 0 Å². The van der Waals surface area contributed by atoms with Gasteiger partial charge in [-0.25, -0.2) is 4.39 Å². The summed E-state index contributed by atoms with van der Waals surface area (Å²) in [5.74, 6) is 0. The highest BCUT2D eigenvalue weighted by molar-refractivity contribution is 4.82. The molecule has 0 aliphatic carbocycles. The van der Waals surface area contributed by atoms with Crippen molar-refractivity contribution in [2.75, 3.05) is 26.2 Å². The van der Waals surface area contributed by atoms with Crippen LogP contribution in [0.2, 0.25) is 0 Å². The first kappa shape index (κ1) is 8.45. The number of rotatable bonds is 2. The number of alkyl halides is 1. The molecule has 3 heteroatoms. The van der Waals surface area contributed by atoms with Crippen molar-refractivity contribution in [3.8, 4) is 0 Å². The third-order valence-electron chi connectivity index (χ3n) is 2.86. The van der Waals surface area contributed by atoms with Crippen molar-refractivity contribution in [2.45, 2.75) is 31.5 Å². The molecule has 2 atom stereocenters. The van der Waals surface area contributed by atoms with Gasteiger partial charge in [-0.1, -0.05) is 0 Å². The molecule has 0 radical (unpaired) electrons. The molecule has 0 spiro atoms. The summed E-state index contributed by atoms with van der Waals surface area (Å²) in [4.78, 5) is 2.24. The lowest BCUT2D eigenvalue weighted by Gasteiger charge is -2.19. The molecule has 0 saturated carbocycles. The number of likely N-dealkylation sites (tertiary alicyclic amines) is 1. The molecule has 1 unspecified atom stereocenters. The van der Waals surface area contributed by atoms with E-state index in [1.54, 1.807) is 0 Å². The van der Waals surface area contributed by atoms with Crippen LogP contribution in [0.3, 0.4) is 0 Å². The Morgan fingerprint density at radius 2 is 2.33 bits per heavy atom. The second-order valence-electron chi connectivity index (χ2n) is 3.94. The standard InChI is InChI=1S/C9H17FN2/c10-8-3-5-12(6-8)7-9-2-1-4-11-9/h8-9,11H,1-7H2/t8-,9?/m1/s1. The van der Waals surface area contributed by atoms with Gasteiger partial charge in [0.1, 0.15) is 6.17 Å². The van der Waals surface area contributed by atoms with Crippen LogP contribution in [0, 0.1) is 0 Å². The number of hydrogen-bond donors (Lipinski definition) is 1. The highest BCUT2D eigenvalue weighted by Crippen LogP contribution is 2.14. The van der Waals surface area contributed by atoms with E-state index in [2.05, 4.69) is 10.2 Å². The molecule has 0 aromatic carbocycles. The van der Waals surface area contributed by atoms with Crippen LogP contribution in [0.1, 0.15) is 19.3 Å². The largest absolute Gasteiger partial charge is 0.313 e. The average molecular weight is 172 g/mol. The molecular weight excluding hydrogens is 155 g/mol. The molecular formula is C9H17FN2. The van der Waals surface area contributed by atoms with Crippen molar-refractivity contribution < 1.29 is 4.39 Å². The maximum atomic E-state index is 12.8. The Bertz CT molecular complexity index is 145. The fourth-order valence-electron chi connectivity index (χ4n) is 2.18.